The van der Waals surface area contributed by atoms with Crippen molar-refractivity contribution in [3.05, 3.63) is 28.6 Å². The highest BCUT2D eigenvalue weighted by Crippen LogP contribution is 2.33. The van der Waals surface area contributed by atoms with Crippen LogP contribution in [-0.2, 0) is 0 Å². The Kier molecular flexibility index (Phi) is 4.20. The summed E-state index contributed by atoms with van der Waals surface area (Å²) in [4.78, 5) is 12.4. The quantitative estimate of drug-likeness (QED) is 0.613. The van der Waals surface area contributed by atoms with Crippen molar-refractivity contribution < 1.29 is 0 Å². The second-order valence-corrected chi connectivity index (χ2v) is 4.79. The summed E-state index contributed by atoms with van der Waals surface area (Å²) in [6.07, 6.45) is 0. The molecule has 0 saturated carbocycles. The van der Waals surface area contributed by atoms with E-state index in [4.69, 9.17) is 0 Å². The Labute approximate surface area is 119 Å². The minimum atomic E-state index is 0.682. The smallest absolute Gasteiger partial charge is 0.0901 e. The van der Waals surface area contributed by atoms with Crippen molar-refractivity contribution >= 4 is 57.5 Å². The first-order valence-corrected chi connectivity index (χ1v) is 6.66. The van der Waals surface area contributed by atoms with E-state index in [1.165, 1.54) is 0 Å². The molecule has 0 radical (unpaired) electrons. The second kappa shape index (κ2) is 5.87. The van der Waals surface area contributed by atoms with E-state index in [9.17, 15) is 0 Å². The molecule has 0 aliphatic rings. The number of benzene rings is 1. The van der Waals surface area contributed by atoms with Crippen molar-refractivity contribution in [3.63, 3.8) is 0 Å². The molecule has 0 amide bonds. The highest BCUT2D eigenvalue weighted by atomic mass is 32.1. The zero-order valence-electron chi connectivity index (χ0n) is 9.38. The maximum absolute atomic E-state index is 4.66. The van der Waals surface area contributed by atoms with Gasteiger partial charge in [-0.3, -0.25) is 0 Å². The first kappa shape index (κ1) is 12.9. The van der Waals surface area contributed by atoms with Crippen molar-refractivity contribution in [2.75, 3.05) is 0 Å². The maximum Gasteiger partial charge on any atom is 0.0901 e. The summed E-state index contributed by atoms with van der Waals surface area (Å²) in [6.45, 7) is 1.96. The van der Waals surface area contributed by atoms with Gasteiger partial charge in [-0.15, -0.1) is 11.3 Å². The second-order valence-electron chi connectivity index (χ2n) is 3.36. The SMILES string of the molecule is Cc1nc(-c2ccc(N=C=S)cc2N=C=S)cs1. The van der Waals surface area contributed by atoms with Gasteiger partial charge in [0.05, 0.1) is 32.4 Å². The van der Waals surface area contributed by atoms with Crippen LogP contribution in [0.2, 0.25) is 0 Å². The number of aryl methyl sites for hydroxylation is 1. The first-order valence-electron chi connectivity index (χ1n) is 4.97. The third-order valence-electron chi connectivity index (χ3n) is 2.22. The van der Waals surface area contributed by atoms with Crippen molar-refractivity contribution in [1.29, 1.82) is 0 Å². The number of thiocarbonyl (C=S) groups is 2. The van der Waals surface area contributed by atoms with Gasteiger partial charge in [-0.1, -0.05) is 0 Å². The molecule has 2 aromatic rings. The van der Waals surface area contributed by atoms with Crippen LogP contribution < -0.4 is 0 Å². The van der Waals surface area contributed by atoms with E-state index in [0.717, 1.165) is 16.3 Å². The third kappa shape index (κ3) is 2.82. The van der Waals surface area contributed by atoms with Gasteiger partial charge >= 0.3 is 0 Å². The van der Waals surface area contributed by atoms with E-state index in [0.29, 0.717) is 11.4 Å². The predicted octanol–water partition coefficient (Wildman–Crippen LogP) is 4.59. The number of aromatic nitrogens is 1. The molecule has 0 fully saturated rings. The monoisotopic (exact) mass is 289 g/mol. The molecule has 0 bridgehead atoms. The van der Waals surface area contributed by atoms with E-state index < -0.39 is 0 Å². The molecule has 6 heteroatoms. The zero-order chi connectivity index (χ0) is 13.0. The molecule has 2 rings (SSSR count). The Hall–Kier alpha value is -1.55. The summed E-state index contributed by atoms with van der Waals surface area (Å²) in [5.41, 5.74) is 3.14. The van der Waals surface area contributed by atoms with Crippen LogP contribution in [0.1, 0.15) is 5.01 Å². The van der Waals surface area contributed by atoms with Crippen LogP contribution in [0.4, 0.5) is 11.4 Å². The van der Waals surface area contributed by atoms with Gasteiger partial charge < -0.3 is 0 Å². The molecule has 0 aliphatic carbocycles. The molecule has 18 heavy (non-hydrogen) atoms. The number of hydrogen-bond acceptors (Lipinski definition) is 6. The first-order chi connectivity index (χ1) is 8.74. The average molecular weight is 289 g/mol. The van der Waals surface area contributed by atoms with Crippen LogP contribution in [0.5, 0.6) is 0 Å². The molecular weight excluding hydrogens is 282 g/mol. The highest BCUT2D eigenvalue weighted by molar-refractivity contribution is 7.78. The van der Waals surface area contributed by atoms with E-state index >= 15 is 0 Å². The fourth-order valence-electron chi connectivity index (χ4n) is 1.49. The topological polar surface area (TPSA) is 37.6 Å². The highest BCUT2D eigenvalue weighted by Gasteiger charge is 2.08. The zero-order valence-corrected chi connectivity index (χ0v) is 11.8. The summed E-state index contributed by atoms with van der Waals surface area (Å²) >= 11 is 10.8. The fraction of sp³-hybridized carbons (Fsp3) is 0.0833. The van der Waals surface area contributed by atoms with Crippen LogP contribution >= 0.6 is 35.8 Å². The molecule has 0 N–H and O–H groups in total. The van der Waals surface area contributed by atoms with Gasteiger partial charge in [0.2, 0.25) is 0 Å². The number of rotatable bonds is 3. The van der Waals surface area contributed by atoms with Gasteiger partial charge in [-0.25, -0.2) is 4.98 Å². The van der Waals surface area contributed by atoms with Crippen molar-refractivity contribution in [1.82, 2.24) is 4.98 Å². The molecule has 0 aliphatic heterocycles. The van der Waals surface area contributed by atoms with Crippen LogP contribution in [0.15, 0.2) is 33.6 Å². The number of isothiocyanates is 2. The largest absolute Gasteiger partial charge is 0.241 e. The molecule has 1 aromatic carbocycles. The van der Waals surface area contributed by atoms with E-state index in [1.54, 1.807) is 17.4 Å². The Morgan fingerprint density at radius 1 is 1.22 bits per heavy atom. The van der Waals surface area contributed by atoms with Gasteiger partial charge in [0.25, 0.3) is 0 Å². The number of thiazole rings is 1. The van der Waals surface area contributed by atoms with Gasteiger partial charge in [-0.05, 0) is 49.6 Å². The lowest BCUT2D eigenvalue weighted by Gasteiger charge is -2.02. The average Bonchev–Trinajstić information content (AvgIpc) is 2.77. The van der Waals surface area contributed by atoms with E-state index in [2.05, 4.69) is 49.7 Å². The number of hydrogen-bond donors (Lipinski definition) is 0. The molecular formula is C12H7N3S3. The summed E-state index contributed by atoms with van der Waals surface area (Å²) in [5, 5.41) is 7.67. The molecule has 3 nitrogen and oxygen atoms in total. The Morgan fingerprint density at radius 3 is 2.61 bits per heavy atom. The lowest BCUT2D eigenvalue weighted by Crippen LogP contribution is -1.79. The van der Waals surface area contributed by atoms with Gasteiger partial charge in [0, 0.05) is 10.9 Å². The van der Waals surface area contributed by atoms with Crippen LogP contribution in [0.25, 0.3) is 11.3 Å². The number of aliphatic imine (C=N–C) groups is 2. The Bertz CT molecular complexity index is 678. The van der Waals surface area contributed by atoms with Crippen LogP contribution in [0, 0.1) is 6.92 Å². The minimum Gasteiger partial charge on any atom is -0.241 e. The van der Waals surface area contributed by atoms with Gasteiger partial charge in [0.1, 0.15) is 0 Å². The molecule has 0 spiro atoms. The molecule has 1 heterocycles. The normalized spacial score (nSPS) is 9.39. The standard InChI is InChI=1S/C12H7N3S3/c1-8-15-12(5-18-8)10-3-2-9(13-6-16)4-11(10)14-7-17/h2-5H,1H3. The van der Waals surface area contributed by atoms with Crippen LogP contribution in [0.3, 0.4) is 0 Å². The molecule has 0 unspecified atom stereocenters. The molecule has 0 atom stereocenters. The minimum absolute atomic E-state index is 0.682. The summed E-state index contributed by atoms with van der Waals surface area (Å²) in [6, 6.07) is 5.51. The van der Waals surface area contributed by atoms with E-state index in [1.807, 2.05) is 24.4 Å². The van der Waals surface area contributed by atoms with E-state index in [-0.39, 0.29) is 0 Å². The maximum atomic E-state index is 4.66. The summed E-state index contributed by atoms with van der Waals surface area (Å²) in [5.74, 6) is 0. The van der Waals surface area contributed by atoms with Crippen molar-refractivity contribution in [3.8, 4) is 11.3 Å². The molecule has 1 aromatic heterocycles. The number of nitrogens with zero attached hydrogens (tertiary/aromatic N) is 3. The van der Waals surface area contributed by atoms with Crippen molar-refractivity contribution in [2.45, 2.75) is 6.92 Å². The van der Waals surface area contributed by atoms with Crippen molar-refractivity contribution in [2.24, 2.45) is 9.98 Å². The third-order valence-corrected chi connectivity index (χ3v) is 3.17. The molecule has 88 valence electrons. The Morgan fingerprint density at radius 2 is 2.00 bits per heavy atom. The fourth-order valence-corrected chi connectivity index (χ4v) is 2.30. The summed E-state index contributed by atoms with van der Waals surface area (Å²) < 4.78 is 0. The predicted molar refractivity (Wildman–Crippen MR) is 81.7 cm³/mol. The van der Waals surface area contributed by atoms with Gasteiger partial charge in [0.15, 0.2) is 0 Å². The molecule has 0 saturated heterocycles. The van der Waals surface area contributed by atoms with Gasteiger partial charge in [-0.2, -0.15) is 9.98 Å². The Balaban J connectivity index is 2.59. The lowest BCUT2D eigenvalue weighted by atomic mass is 10.1. The summed E-state index contributed by atoms with van der Waals surface area (Å²) in [7, 11) is 0. The van der Waals surface area contributed by atoms with Crippen LogP contribution in [-0.4, -0.2) is 15.3 Å². The lowest BCUT2D eigenvalue weighted by molar-refractivity contribution is 1.29.